The third kappa shape index (κ3) is 5.45. The second-order valence-electron chi connectivity index (χ2n) is 6.83. The minimum Gasteiger partial charge on any atom is -0.352 e. The number of rotatable bonds is 8. The van der Waals surface area contributed by atoms with E-state index in [1.807, 2.05) is 6.92 Å². The van der Waals surface area contributed by atoms with Crippen LogP contribution in [0.25, 0.3) is 11.5 Å². The van der Waals surface area contributed by atoms with Crippen molar-refractivity contribution < 1.29 is 14.1 Å². The fraction of sp³-hybridized carbons (Fsp3) is 0.273. The number of halogens is 1. The van der Waals surface area contributed by atoms with E-state index in [1.54, 1.807) is 60.5 Å². The number of likely N-dealkylation sites (N-methyl/N-ethyl adjacent to an activating group) is 1. The van der Waals surface area contributed by atoms with Gasteiger partial charge in [0.05, 0.1) is 0 Å². The van der Waals surface area contributed by atoms with Crippen LogP contribution < -0.4 is 5.32 Å². The Kier molecular flexibility index (Phi) is 7.19. The molecule has 0 aliphatic heterocycles. The minimum atomic E-state index is -0.108. The molecule has 0 bridgehead atoms. The highest BCUT2D eigenvalue weighted by Crippen LogP contribution is 2.18. The molecule has 8 heteroatoms. The van der Waals surface area contributed by atoms with E-state index in [2.05, 4.69) is 15.5 Å². The molecule has 2 aromatic carbocycles. The molecule has 0 saturated carbocycles. The van der Waals surface area contributed by atoms with Gasteiger partial charge in [-0.3, -0.25) is 9.59 Å². The summed E-state index contributed by atoms with van der Waals surface area (Å²) in [7, 11) is 1.72. The molecule has 1 aromatic heterocycles. The summed E-state index contributed by atoms with van der Waals surface area (Å²) in [6.07, 6.45) is 1.34. The minimum absolute atomic E-state index is 0.104. The summed E-state index contributed by atoms with van der Waals surface area (Å²) >= 11 is 5.86. The molecule has 2 amide bonds. The molecular weight excluding hydrogens is 404 g/mol. The lowest BCUT2D eigenvalue weighted by atomic mass is 10.1. The molecule has 0 spiro atoms. The Bertz CT molecular complexity index is 1000. The third-order valence-corrected chi connectivity index (χ3v) is 4.76. The molecule has 30 heavy (non-hydrogen) atoms. The van der Waals surface area contributed by atoms with Crippen molar-refractivity contribution in [2.45, 2.75) is 19.8 Å². The highest BCUT2D eigenvalue weighted by molar-refractivity contribution is 6.30. The van der Waals surface area contributed by atoms with Crippen LogP contribution in [-0.2, 0) is 6.42 Å². The summed E-state index contributed by atoms with van der Waals surface area (Å²) in [5, 5.41) is 7.41. The van der Waals surface area contributed by atoms with Crippen molar-refractivity contribution in [2.75, 3.05) is 20.1 Å². The van der Waals surface area contributed by atoms with Gasteiger partial charge in [-0.05, 0) is 55.0 Å². The van der Waals surface area contributed by atoms with E-state index >= 15 is 0 Å². The molecule has 1 N–H and O–H groups in total. The quantitative estimate of drug-likeness (QED) is 0.591. The number of nitrogens with one attached hydrogen (secondary N) is 1. The van der Waals surface area contributed by atoms with Crippen molar-refractivity contribution in [1.82, 2.24) is 20.4 Å². The predicted molar refractivity (Wildman–Crippen MR) is 114 cm³/mol. The predicted octanol–water partition coefficient (Wildman–Crippen LogP) is 3.84. The first-order valence-corrected chi connectivity index (χ1v) is 10.1. The zero-order chi connectivity index (χ0) is 21.5. The lowest BCUT2D eigenvalue weighted by Crippen LogP contribution is -2.29. The summed E-state index contributed by atoms with van der Waals surface area (Å²) in [5.74, 6) is 0.665. The van der Waals surface area contributed by atoms with Gasteiger partial charge < -0.3 is 14.7 Å². The van der Waals surface area contributed by atoms with Gasteiger partial charge in [0.15, 0.2) is 5.82 Å². The van der Waals surface area contributed by atoms with Gasteiger partial charge in [-0.25, -0.2) is 0 Å². The van der Waals surface area contributed by atoms with E-state index in [1.165, 1.54) is 0 Å². The third-order valence-electron chi connectivity index (χ3n) is 4.51. The van der Waals surface area contributed by atoms with Crippen molar-refractivity contribution in [2.24, 2.45) is 0 Å². The second kappa shape index (κ2) is 10.0. The number of amides is 2. The van der Waals surface area contributed by atoms with Crippen molar-refractivity contribution in [3.8, 4) is 11.5 Å². The average Bonchev–Trinajstić information content (AvgIpc) is 3.25. The normalized spacial score (nSPS) is 10.6. The topological polar surface area (TPSA) is 88.3 Å². The standard InChI is InChI=1S/C22H23ClN4O3/c1-3-13-24-20(28)15-4-6-16(7-5-15)21-25-19(26-30-21)12-14-27(2)22(29)17-8-10-18(23)11-9-17/h4-11H,3,12-14H2,1-2H3,(H,24,28). The zero-order valence-electron chi connectivity index (χ0n) is 16.9. The number of carbonyl (C=O) groups excluding carboxylic acids is 2. The van der Waals surface area contributed by atoms with Crippen LogP contribution in [0.2, 0.25) is 5.02 Å². The summed E-state index contributed by atoms with van der Waals surface area (Å²) in [6, 6.07) is 13.8. The highest BCUT2D eigenvalue weighted by Gasteiger charge is 2.14. The van der Waals surface area contributed by atoms with Gasteiger partial charge in [-0.2, -0.15) is 4.98 Å². The number of hydrogen-bond donors (Lipinski definition) is 1. The maximum Gasteiger partial charge on any atom is 0.257 e. The summed E-state index contributed by atoms with van der Waals surface area (Å²) < 4.78 is 5.33. The first-order chi connectivity index (χ1) is 14.5. The second-order valence-corrected chi connectivity index (χ2v) is 7.27. The Morgan fingerprint density at radius 3 is 2.40 bits per heavy atom. The Morgan fingerprint density at radius 1 is 1.07 bits per heavy atom. The van der Waals surface area contributed by atoms with E-state index in [0.717, 1.165) is 12.0 Å². The van der Waals surface area contributed by atoms with Crippen LogP contribution in [0, 0.1) is 0 Å². The molecule has 1 heterocycles. The Balaban J connectivity index is 1.57. The fourth-order valence-corrected chi connectivity index (χ4v) is 2.89. The van der Waals surface area contributed by atoms with E-state index < -0.39 is 0 Å². The molecular formula is C22H23ClN4O3. The van der Waals surface area contributed by atoms with E-state index in [9.17, 15) is 9.59 Å². The fourth-order valence-electron chi connectivity index (χ4n) is 2.76. The smallest absolute Gasteiger partial charge is 0.257 e. The van der Waals surface area contributed by atoms with E-state index in [0.29, 0.717) is 47.4 Å². The van der Waals surface area contributed by atoms with Crippen molar-refractivity contribution in [3.63, 3.8) is 0 Å². The Hall–Kier alpha value is -3.19. The van der Waals surface area contributed by atoms with Crippen LogP contribution in [0.3, 0.4) is 0 Å². The molecule has 0 aliphatic rings. The Morgan fingerprint density at radius 2 is 1.73 bits per heavy atom. The highest BCUT2D eigenvalue weighted by atomic mass is 35.5. The zero-order valence-corrected chi connectivity index (χ0v) is 17.6. The van der Waals surface area contributed by atoms with Crippen LogP contribution >= 0.6 is 11.6 Å². The van der Waals surface area contributed by atoms with Gasteiger partial charge >= 0.3 is 0 Å². The van der Waals surface area contributed by atoms with Crippen molar-refractivity contribution >= 4 is 23.4 Å². The van der Waals surface area contributed by atoms with Crippen LogP contribution in [0.15, 0.2) is 53.1 Å². The van der Waals surface area contributed by atoms with E-state index in [-0.39, 0.29) is 11.8 Å². The van der Waals surface area contributed by atoms with Gasteiger partial charge in [-0.1, -0.05) is 23.7 Å². The van der Waals surface area contributed by atoms with Crippen LogP contribution in [0.1, 0.15) is 39.9 Å². The van der Waals surface area contributed by atoms with Crippen LogP contribution in [0.5, 0.6) is 0 Å². The maximum absolute atomic E-state index is 12.4. The molecule has 156 valence electrons. The van der Waals surface area contributed by atoms with Gasteiger partial charge in [0, 0.05) is 48.3 Å². The number of nitrogens with zero attached hydrogens (tertiary/aromatic N) is 3. The Labute approximate surface area is 180 Å². The van der Waals surface area contributed by atoms with Gasteiger partial charge in [-0.15, -0.1) is 0 Å². The van der Waals surface area contributed by atoms with E-state index in [4.69, 9.17) is 16.1 Å². The number of benzene rings is 2. The molecule has 0 saturated heterocycles. The van der Waals surface area contributed by atoms with Gasteiger partial charge in [0.1, 0.15) is 0 Å². The van der Waals surface area contributed by atoms with Gasteiger partial charge in [0.2, 0.25) is 0 Å². The number of hydrogen-bond acceptors (Lipinski definition) is 5. The molecule has 0 fully saturated rings. The number of carbonyl (C=O) groups is 2. The molecule has 0 atom stereocenters. The molecule has 3 aromatic rings. The average molecular weight is 427 g/mol. The molecule has 0 aliphatic carbocycles. The molecule has 0 radical (unpaired) electrons. The molecule has 0 unspecified atom stereocenters. The molecule has 3 rings (SSSR count). The summed E-state index contributed by atoms with van der Waals surface area (Å²) in [5.41, 5.74) is 1.87. The van der Waals surface area contributed by atoms with Crippen molar-refractivity contribution in [3.05, 3.63) is 70.5 Å². The first kappa shape index (κ1) is 21.5. The van der Waals surface area contributed by atoms with Crippen molar-refractivity contribution in [1.29, 1.82) is 0 Å². The SMILES string of the molecule is CCCNC(=O)c1ccc(-c2nc(CCN(C)C(=O)c3ccc(Cl)cc3)no2)cc1. The number of aromatic nitrogens is 2. The largest absolute Gasteiger partial charge is 0.352 e. The summed E-state index contributed by atoms with van der Waals surface area (Å²) in [4.78, 5) is 30.4. The summed E-state index contributed by atoms with van der Waals surface area (Å²) in [6.45, 7) is 3.08. The monoisotopic (exact) mass is 426 g/mol. The van der Waals surface area contributed by atoms with Crippen LogP contribution in [-0.4, -0.2) is 47.0 Å². The molecule has 7 nitrogen and oxygen atoms in total. The van der Waals surface area contributed by atoms with Crippen LogP contribution in [0.4, 0.5) is 0 Å². The maximum atomic E-state index is 12.4. The van der Waals surface area contributed by atoms with Gasteiger partial charge in [0.25, 0.3) is 17.7 Å². The lowest BCUT2D eigenvalue weighted by molar-refractivity contribution is 0.0795. The lowest BCUT2D eigenvalue weighted by Gasteiger charge is -2.16. The first-order valence-electron chi connectivity index (χ1n) is 9.70.